The maximum atomic E-state index is 13.1. The van der Waals surface area contributed by atoms with E-state index < -0.39 is 5.82 Å². The first-order valence-electron chi connectivity index (χ1n) is 4.09. The number of benzene rings is 1. The zero-order chi connectivity index (χ0) is 11.7. The van der Waals surface area contributed by atoms with Crippen molar-refractivity contribution in [3.05, 3.63) is 38.5 Å². The van der Waals surface area contributed by atoms with Crippen molar-refractivity contribution in [2.75, 3.05) is 5.32 Å². The van der Waals surface area contributed by atoms with E-state index in [1.54, 1.807) is 5.38 Å². The monoisotopic (exact) mass is 296 g/mol. The molecule has 0 amide bonds. The van der Waals surface area contributed by atoms with Crippen LogP contribution in [-0.4, -0.2) is 4.98 Å². The molecule has 0 aliphatic carbocycles. The van der Waals surface area contributed by atoms with Gasteiger partial charge in [-0.25, -0.2) is 9.37 Å². The summed E-state index contributed by atoms with van der Waals surface area (Å²) < 4.78 is 13.1. The van der Waals surface area contributed by atoms with Crippen LogP contribution in [-0.2, 0) is 0 Å². The van der Waals surface area contributed by atoms with Crippen LogP contribution in [0, 0.1) is 5.82 Å². The fourth-order valence-electron chi connectivity index (χ4n) is 1.06. The third-order valence-corrected chi connectivity index (χ3v) is 3.34. The minimum Gasteiger partial charge on any atom is -0.331 e. The van der Waals surface area contributed by atoms with E-state index in [9.17, 15) is 4.39 Å². The highest BCUT2D eigenvalue weighted by molar-refractivity contribution is 7.14. The molecule has 0 aliphatic heterocycles. The number of nitrogens with zero attached hydrogens (tertiary/aromatic N) is 1. The molecule has 2 nitrogen and oxygen atoms in total. The van der Waals surface area contributed by atoms with Gasteiger partial charge in [0, 0.05) is 11.1 Å². The number of halogens is 4. The van der Waals surface area contributed by atoms with Crippen LogP contribution in [0.5, 0.6) is 0 Å². The van der Waals surface area contributed by atoms with E-state index >= 15 is 0 Å². The Bertz CT molecular complexity index is 506. The Kier molecular flexibility index (Phi) is 3.54. The molecule has 0 spiro atoms. The minimum absolute atomic E-state index is 0.0438. The first-order valence-corrected chi connectivity index (χ1v) is 6.10. The van der Waals surface area contributed by atoms with Crippen molar-refractivity contribution >= 4 is 57.0 Å². The van der Waals surface area contributed by atoms with E-state index in [-0.39, 0.29) is 10.0 Å². The Hall–Kier alpha value is -0.550. The van der Waals surface area contributed by atoms with Gasteiger partial charge < -0.3 is 5.32 Å². The van der Waals surface area contributed by atoms with Gasteiger partial charge in [-0.1, -0.05) is 34.8 Å². The molecule has 1 heterocycles. The van der Waals surface area contributed by atoms with Crippen molar-refractivity contribution in [3.8, 4) is 0 Å². The number of aromatic nitrogens is 1. The van der Waals surface area contributed by atoms with Crippen LogP contribution in [0.25, 0.3) is 0 Å². The first-order chi connectivity index (χ1) is 7.56. The second-order valence-corrected chi connectivity index (χ2v) is 4.91. The molecule has 2 rings (SSSR count). The Labute approximate surface area is 110 Å². The molecule has 7 heteroatoms. The lowest BCUT2D eigenvalue weighted by molar-refractivity contribution is 0.629. The van der Waals surface area contributed by atoms with Gasteiger partial charge in [-0.2, -0.15) is 0 Å². The van der Waals surface area contributed by atoms with Gasteiger partial charge in [-0.05, 0) is 12.1 Å². The third kappa shape index (κ3) is 2.58. The van der Waals surface area contributed by atoms with Gasteiger partial charge in [-0.3, -0.25) is 0 Å². The summed E-state index contributed by atoms with van der Waals surface area (Å²) in [6, 6.07) is 2.86. The fourth-order valence-corrected chi connectivity index (χ4v) is 2.41. The van der Waals surface area contributed by atoms with Crippen molar-refractivity contribution in [2.45, 2.75) is 0 Å². The van der Waals surface area contributed by atoms with Gasteiger partial charge in [0.05, 0.1) is 10.0 Å². The van der Waals surface area contributed by atoms with Crippen molar-refractivity contribution < 1.29 is 4.39 Å². The van der Waals surface area contributed by atoms with Crippen LogP contribution in [0.2, 0.25) is 15.2 Å². The largest absolute Gasteiger partial charge is 0.331 e. The molecule has 0 atom stereocenters. The average molecular weight is 298 g/mol. The molecule has 1 aromatic carbocycles. The van der Waals surface area contributed by atoms with Crippen molar-refractivity contribution in [2.24, 2.45) is 0 Å². The van der Waals surface area contributed by atoms with Crippen molar-refractivity contribution in [3.63, 3.8) is 0 Å². The number of rotatable bonds is 2. The zero-order valence-corrected chi connectivity index (χ0v) is 10.7. The standard InChI is InChI=1S/C9H4Cl3FN2S/c10-5-1-4(2-6(11)8(5)13)14-9-15-7(12)3-16-9/h1-3H,(H,14,15). The summed E-state index contributed by atoms with van der Waals surface area (Å²) in [6.45, 7) is 0. The predicted molar refractivity (Wildman–Crippen MR) is 66.8 cm³/mol. The molecule has 0 unspecified atom stereocenters. The summed E-state index contributed by atoms with van der Waals surface area (Å²) in [6.07, 6.45) is 0. The molecule has 0 aliphatic rings. The maximum Gasteiger partial charge on any atom is 0.188 e. The Morgan fingerprint density at radius 3 is 2.31 bits per heavy atom. The molecule has 0 radical (unpaired) electrons. The van der Waals surface area contributed by atoms with E-state index in [2.05, 4.69) is 10.3 Å². The summed E-state index contributed by atoms with van der Waals surface area (Å²) >= 11 is 18.3. The van der Waals surface area contributed by atoms with Crippen LogP contribution in [0.1, 0.15) is 0 Å². The van der Waals surface area contributed by atoms with Crippen LogP contribution in [0.15, 0.2) is 17.5 Å². The van der Waals surface area contributed by atoms with Crippen LogP contribution >= 0.6 is 46.1 Å². The van der Waals surface area contributed by atoms with Crippen molar-refractivity contribution in [1.82, 2.24) is 4.98 Å². The summed E-state index contributed by atoms with van der Waals surface area (Å²) in [5, 5.41) is 5.49. The van der Waals surface area contributed by atoms with Gasteiger partial charge >= 0.3 is 0 Å². The van der Waals surface area contributed by atoms with Gasteiger partial charge in [0.15, 0.2) is 10.9 Å². The quantitative estimate of drug-likeness (QED) is 0.790. The molecule has 0 bridgehead atoms. The number of anilines is 2. The highest BCUT2D eigenvalue weighted by Gasteiger charge is 2.08. The Balaban J connectivity index is 2.28. The smallest absolute Gasteiger partial charge is 0.188 e. The van der Waals surface area contributed by atoms with Gasteiger partial charge in [0.25, 0.3) is 0 Å². The van der Waals surface area contributed by atoms with E-state index in [4.69, 9.17) is 34.8 Å². The molecule has 0 saturated heterocycles. The molecule has 0 saturated carbocycles. The highest BCUT2D eigenvalue weighted by atomic mass is 35.5. The summed E-state index contributed by atoms with van der Waals surface area (Å²) in [5.41, 5.74) is 0.558. The molecule has 1 aromatic heterocycles. The first kappa shape index (κ1) is 11.9. The average Bonchev–Trinajstić information content (AvgIpc) is 2.60. The SMILES string of the molecule is Fc1c(Cl)cc(Nc2nc(Cl)cs2)cc1Cl. The topological polar surface area (TPSA) is 24.9 Å². The molecule has 0 fully saturated rings. The molecular formula is C9H4Cl3FN2S. The van der Waals surface area contributed by atoms with Gasteiger partial charge in [-0.15, -0.1) is 11.3 Å². The summed E-state index contributed by atoms with van der Waals surface area (Å²) in [5.74, 6) is -0.633. The Morgan fingerprint density at radius 2 is 1.81 bits per heavy atom. The molecule has 16 heavy (non-hydrogen) atoms. The molecule has 84 valence electrons. The molecule has 2 aromatic rings. The fraction of sp³-hybridized carbons (Fsp3) is 0. The second-order valence-electron chi connectivity index (χ2n) is 2.85. The van der Waals surface area contributed by atoms with E-state index in [0.29, 0.717) is 16.0 Å². The molecule has 1 N–H and O–H groups in total. The third-order valence-electron chi connectivity index (χ3n) is 1.71. The lowest BCUT2D eigenvalue weighted by Gasteiger charge is -2.05. The number of hydrogen-bond acceptors (Lipinski definition) is 3. The van der Waals surface area contributed by atoms with E-state index in [0.717, 1.165) is 0 Å². The van der Waals surface area contributed by atoms with Crippen LogP contribution < -0.4 is 5.32 Å². The predicted octanol–water partition coefficient (Wildman–Crippen LogP) is 4.99. The lowest BCUT2D eigenvalue weighted by atomic mass is 10.3. The zero-order valence-electron chi connectivity index (χ0n) is 7.60. The lowest BCUT2D eigenvalue weighted by Crippen LogP contribution is -1.91. The van der Waals surface area contributed by atoms with E-state index in [1.807, 2.05) is 0 Å². The Morgan fingerprint density at radius 1 is 1.19 bits per heavy atom. The second kappa shape index (κ2) is 4.75. The van der Waals surface area contributed by atoms with Gasteiger partial charge in [0.2, 0.25) is 0 Å². The normalized spacial score (nSPS) is 10.5. The van der Waals surface area contributed by atoms with Crippen molar-refractivity contribution in [1.29, 1.82) is 0 Å². The van der Waals surface area contributed by atoms with Crippen LogP contribution in [0.4, 0.5) is 15.2 Å². The summed E-state index contributed by atoms with van der Waals surface area (Å²) in [7, 11) is 0. The van der Waals surface area contributed by atoms with E-state index in [1.165, 1.54) is 23.5 Å². The maximum absolute atomic E-state index is 13.1. The van der Waals surface area contributed by atoms with Crippen LogP contribution in [0.3, 0.4) is 0 Å². The number of nitrogens with one attached hydrogen (secondary N) is 1. The molecular weight excluding hydrogens is 294 g/mol. The minimum atomic E-state index is -0.633. The number of thiazole rings is 1. The van der Waals surface area contributed by atoms with Gasteiger partial charge in [0.1, 0.15) is 5.15 Å². The number of hydrogen-bond donors (Lipinski definition) is 1. The summed E-state index contributed by atoms with van der Waals surface area (Å²) in [4.78, 5) is 3.98. The highest BCUT2D eigenvalue weighted by Crippen LogP contribution is 2.30.